The average Bonchev–Trinajstić information content (AvgIpc) is 2.78. The van der Waals surface area contributed by atoms with Crippen LogP contribution in [0.1, 0.15) is 12.5 Å². The second-order valence-corrected chi connectivity index (χ2v) is 4.19. The van der Waals surface area contributed by atoms with E-state index in [1.807, 2.05) is 18.2 Å². The molecular weight excluding hydrogens is 232 g/mol. The van der Waals surface area contributed by atoms with Gasteiger partial charge in [0.2, 0.25) is 5.91 Å². The fraction of sp³-hybridized carbons (Fsp3) is 0.385. The van der Waals surface area contributed by atoms with Crippen LogP contribution in [0.15, 0.2) is 18.2 Å². The molecule has 0 bridgehead atoms. The van der Waals surface area contributed by atoms with Gasteiger partial charge in [-0.1, -0.05) is 0 Å². The number of carbonyl (C=O) groups excluding carboxylic acids is 2. The van der Waals surface area contributed by atoms with Crippen molar-refractivity contribution in [3.63, 3.8) is 0 Å². The molecule has 1 heterocycles. The number of benzene rings is 1. The van der Waals surface area contributed by atoms with Gasteiger partial charge in [0.05, 0.1) is 7.11 Å². The van der Waals surface area contributed by atoms with Gasteiger partial charge in [0, 0.05) is 24.8 Å². The number of carbonyl (C=O) groups is 2. The molecule has 0 spiro atoms. The first-order valence-electron chi connectivity index (χ1n) is 5.83. The number of hydrogen-bond acceptors (Lipinski definition) is 4. The summed E-state index contributed by atoms with van der Waals surface area (Å²) in [5.41, 5.74) is 2.95. The Morgan fingerprint density at radius 1 is 1.44 bits per heavy atom. The Bertz CT molecular complexity index is 485. The van der Waals surface area contributed by atoms with E-state index in [1.165, 1.54) is 7.11 Å². The van der Waals surface area contributed by atoms with Gasteiger partial charge in [0.1, 0.15) is 6.54 Å². The Balaban J connectivity index is 2.10. The van der Waals surface area contributed by atoms with Gasteiger partial charge in [-0.3, -0.25) is 9.59 Å². The monoisotopic (exact) mass is 248 g/mol. The van der Waals surface area contributed by atoms with Gasteiger partial charge in [-0.15, -0.1) is 0 Å². The molecule has 1 aliphatic heterocycles. The molecule has 1 aliphatic rings. The van der Waals surface area contributed by atoms with Crippen molar-refractivity contribution in [2.75, 3.05) is 30.4 Å². The summed E-state index contributed by atoms with van der Waals surface area (Å²) in [5, 5.41) is 2.99. The molecule has 5 nitrogen and oxygen atoms in total. The van der Waals surface area contributed by atoms with Crippen LogP contribution in [0.3, 0.4) is 0 Å². The first-order valence-corrected chi connectivity index (χ1v) is 5.83. The summed E-state index contributed by atoms with van der Waals surface area (Å²) < 4.78 is 4.56. The topological polar surface area (TPSA) is 58.6 Å². The first-order chi connectivity index (χ1) is 8.61. The molecule has 0 unspecified atom stereocenters. The van der Waals surface area contributed by atoms with Gasteiger partial charge in [-0.25, -0.2) is 0 Å². The molecule has 1 aromatic rings. The molecule has 96 valence electrons. The van der Waals surface area contributed by atoms with Crippen LogP contribution >= 0.6 is 0 Å². The van der Waals surface area contributed by atoms with Crippen molar-refractivity contribution >= 4 is 23.3 Å². The number of amides is 1. The Morgan fingerprint density at radius 2 is 2.22 bits per heavy atom. The lowest BCUT2D eigenvalue weighted by atomic mass is 10.1. The van der Waals surface area contributed by atoms with E-state index in [2.05, 4.69) is 10.1 Å². The first kappa shape index (κ1) is 12.4. The molecule has 18 heavy (non-hydrogen) atoms. The minimum Gasteiger partial charge on any atom is -0.468 e. The van der Waals surface area contributed by atoms with Gasteiger partial charge in [-0.05, 0) is 30.2 Å². The summed E-state index contributed by atoms with van der Waals surface area (Å²) >= 11 is 0. The molecule has 5 heteroatoms. The number of methoxy groups -OCH3 is 1. The molecule has 0 radical (unpaired) electrons. The fourth-order valence-corrected chi connectivity index (χ4v) is 2.09. The lowest BCUT2D eigenvalue weighted by Gasteiger charge is -2.15. The van der Waals surface area contributed by atoms with Crippen LogP contribution in [0.5, 0.6) is 0 Å². The van der Waals surface area contributed by atoms with E-state index < -0.39 is 0 Å². The highest BCUT2D eigenvalue weighted by molar-refractivity contribution is 5.94. The molecule has 0 saturated carbocycles. The summed E-state index contributed by atoms with van der Waals surface area (Å²) in [6.45, 7) is 2.44. The van der Waals surface area contributed by atoms with Crippen molar-refractivity contribution in [1.29, 1.82) is 0 Å². The lowest BCUT2D eigenvalue weighted by Crippen LogP contribution is -2.25. The maximum atomic E-state index is 11.4. The van der Waals surface area contributed by atoms with Crippen LogP contribution in [0.2, 0.25) is 0 Å². The second-order valence-electron chi connectivity index (χ2n) is 4.19. The smallest absolute Gasteiger partial charge is 0.325 e. The van der Waals surface area contributed by atoms with E-state index in [1.54, 1.807) is 11.8 Å². The van der Waals surface area contributed by atoms with Crippen molar-refractivity contribution in [2.45, 2.75) is 13.3 Å². The molecule has 0 aromatic heterocycles. The van der Waals surface area contributed by atoms with E-state index in [0.29, 0.717) is 0 Å². The zero-order valence-electron chi connectivity index (χ0n) is 10.5. The Hall–Kier alpha value is -2.04. The third-order valence-electron chi connectivity index (χ3n) is 3.02. The number of anilines is 2. The van der Waals surface area contributed by atoms with Crippen molar-refractivity contribution in [1.82, 2.24) is 0 Å². The van der Waals surface area contributed by atoms with Gasteiger partial charge in [-0.2, -0.15) is 0 Å². The maximum Gasteiger partial charge on any atom is 0.325 e. The molecule has 0 aliphatic carbocycles. The van der Waals surface area contributed by atoms with Gasteiger partial charge in [0.25, 0.3) is 0 Å². The summed E-state index contributed by atoms with van der Waals surface area (Å²) in [4.78, 5) is 24.2. The normalized spacial score (nSPS) is 13.1. The number of esters is 1. The number of nitrogens with one attached hydrogen (secondary N) is 1. The van der Waals surface area contributed by atoms with E-state index in [9.17, 15) is 9.59 Å². The SMILES string of the molecule is COC(=O)CNc1ccc2c(c1)CCN2C(C)=O. The van der Waals surface area contributed by atoms with Crippen LogP contribution < -0.4 is 10.2 Å². The lowest BCUT2D eigenvalue weighted by molar-refractivity contribution is -0.138. The van der Waals surface area contributed by atoms with E-state index >= 15 is 0 Å². The molecule has 1 aromatic carbocycles. The zero-order valence-corrected chi connectivity index (χ0v) is 10.5. The van der Waals surface area contributed by atoms with Crippen LogP contribution in [0, 0.1) is 0 Å². The largest absolute Gasteiger partial charge is 0.468 e. The number of fused-ring (bicyclic) bond motifs is 1. The molecule has 1 amide bonds. The van der Waals surface area contributed by atoms with E-state index in [0.717, 1.165) is 29.9 Å². The third-order valence-corrected chi connectivity index (χ3v) is 3.02. The Morgan fingerprint density at radius 3 is 2.89 bits per heavy atom. The predicted molar refractivity (Wildman–Crippen MR) is 68.7 cm³/mol. The Kier molecular flexibility index (Phi) is 3.50. The zero-order chi connectivity index (χ0) is 13.1. The van der Waals surface area contributed by atoms with Crippen molar-refractivity contribution in [3.05, 3.63) is 23.8 Å². The summed E-state index contributed by atoms with van der Waals surface area (Å²) in [7, 11) is 1.36. The van der Waals surface area contributed by atoms with Crippen LogP contribution in [-0.4, -0.2) is 32.1 Å². The van der Waals surface area contributed by atoms with Crippen molar-refractivity contribution in [2.24, 2.45) is 0 Å². The predicted octanol–water partition coefficient (Wildman–Crippen LogP) is 1.18. The molecule has 1 N–H and O–H groups in total. The molecule has 0 saturated heterocycles. The quantitative estimate of drug-likeness (QED) is 0.816. The number of rotatable bonds is 3. The second kappa shape index (κ2) is 5.08. The Labute approximate surface area is 106 Å². The van der Waals surface area contributed by atoms with E-state index in [4.69, 9.17) is 0 Å². The van der Waals surface area contributed by atoms with Gasteiger partial charge in [0.15, 0.2) is 0 Å². The minimum absolute atomic E-state index is 0.0593. The maximum absolute atomic E-state index is 11.4. The number of ether oxygens (including phenoxy) is 1. The number of hydrogen-bond donors (Lipinski definition) is 1. The van der Waals surface area contributed by atoms with Crippen LogP contribution in [0.25, 0.3) is 0 Å². The van der Waals surface area contributed by atoms with E-state index in [-0.39, 0.29) is 18.4 Å². The van der Waals surface area contributed by atoms with Crippen molar-refractivity contribution < 1.29 is 14.3 Å². The highest BCUT2D eigenvalue weighted by Crippen LogP contribution is 2.30. The molecular formula is C13H16N2O3. The molecule has 0 atom stereocenters. The fourth-order valence-electron chi connectivity index (χ4n) is 2.09. The third kappa shape index (κ3) is 2.45. The highest BCUT2D eigenvalue weighted by atomic mass is 16.5. The summed E-state index contributed by atoms with van der Waals surface area (Å²) in [5.74, 6) is -0.245. The van der Waals surface area contributed by atoms with Gasteiger partial charge >= 0.3 is 5.97 Å². The molecule has 0 fully saturated rings. The summed E-state index contributed by atoms with van der Waals surface area (Å²) in [6, 6.07) is 5.74. The van der Waals surface area contributed by atoms with Crippen LogP contribution in [0.4, 0.5) is 11.4 Å². The summed E-state index contributed by atoms with van der Waals surface area (Å²) in [6.07, 6.45) is 0.850. The highest BCUT2D eigenvalue weighted by Gasteiger charge is 2.21. The van der Waals surface area contributed by atoms with Crippen molar-refractivity contribution in [3.8, 4) is 0 Å². The minimum atomic E-state index is -0.305. The van der Waals surface area contributed by atoms with Crippen LogP contribution in [-0.2, 0) is 20.7 Å². The number of nitrogens with zero attached hydrogens (tertiary/aromatic N) is 1. The standard InChI is InChI=1S/C13H16N2O3/c1-9(16)15-6-5-10-7-11(3-4-12(10)15)14-8-13(17)18-2/h3-4,7,14H,5-6,8H2,1-2H3. The average molecular weight is 248 g/mol. The van der Waals surface area contributed by atoms with Gasteiger partial charge < -0.3 is 15.0 Å². The molecule has 2 rings (SSSR count).